The van der Waals surface area contributed by atoms with Gasteiger partial charge >= 0.3 is 0 Å². The molecule has 0 unspecified atom stereocenters. The molecular weight excluding hydrogens is 301 g/mol. The van der Waals surface area contributed by atoms with Gasteiger partial charge in [0.1, 0.15) is 23.9 Å². The van der Waals surface area contributed by atoms with Gasteiger partial charge in [-0.3, -0.25) is 16.0 Å². The fourth-order valence-electron chi connectivity index (χ4n) is 1.67. The average Bonchev–Trinajstić information content (AvgIpc) is 2.48. The van der Waals surface area contributed by atoms with E-state index in [1.807, 2.05) is 0 Å². The van der Waals surface area contributed by atoms with Crippen LogP contribution in [-0.4, -0.2) is 4.92 Å². The highest BCUT2D eigenvalue weighted by Crippen LogP contribution is 2.26. The quantitative estimate of drug-likeness (QED) is 0.502. The van der Waals surface area contributed by atoms with Gasteiger partial charge in [-0.05, 0) is 23.8 Å². The Balaban J connectivity index is 2.14. The second-order valence-corrected chi connectivity index (χ2v) is 4.52. The topological polar surface area (TPSA) is 90.4 Å². The highest BCUT2D eigenvalue weighted by molar-refractivity contribution is 6.30. The minimum absolute atomic E-state index is 0.00337. The summed E-state index contributed by atoms with van der Waals surface area (Å²) in [6, 6.07) is 8.45. The first-order valence-corrected chi connectivity index (χ1v) is 6.21. The zero-order chi connectivity index (χ0) is 15.4. The summed E-state index contributed by atoms with van der Waals surface area (Å²) in [7, 11) is 0. The molecule has 2 aromatic carbocycles. The van der Waals surface area contributed by atoms with Crippen LogP contribution in [0.5, 0.6) is 5.75 Å². The minimum Gasteiger partial charge on any atom is -0.489 e. The molecule has 0 amide bonds. The third-order valence-corrected chi connectivity index (χ3v) is 3.02. The summed E-state index contributed by atoms with van der Waals surface area (Å²) in [5.41, 5.74) is 2.83. The van der Waals surface area contributed by atoms with E-state index in [1.165, 1.54) is 24.3 Å². The van der Waals surface area contributed by atoms with Crippen molar-refractivity contribution in [3.05, 3.63) is 62.9 Å². The van der Waals surface area contributed by atoms with Crippen LogP contribution >= 0.6 is 11.6 Å². The summed E-state index contributed by atoms with van der Waals surface area (Å²) in [5, 5.41) is 10.9. The molecule has 0 aliphatic rings. The lowest BCUT2D eigenvalue weighted by Crippen LogP contribution is -2.09. The summed E-state index contributed by atoms with van der Waals surface area (Å²) in [4.78, 5) is 10.3. The Morgan fingerprint density at radius 1 is 1.33 bits per heavy atom. The van der Waals surface area contributed by atoms with Crippen LogP contribution in [0.15, 0.2) is 36.4 Å². The van der Waals surface area contributed by atoms with Crippen LogP contribution in [0.1, 0.15) is 5.56 Å². The maximum absolute atomic E-state index is 13.3. The molecule has 0 saturated heterocycles. The van der Waals surface area contributed by atoms with Gasteiger partial charge in [-0.15, -0.1) is 0 Å². The Morgan fingerprint density at radius 3 is 2.71 bits per heavy atom. The number of hydrogen-bond acceptors (Lipinski definition) is 5. The Morgan fingerprint density at radius 2 is 2.10 bits per heavy atom. The third kappa shape index (κ3) is 3.59. The van der Waals surface area contributed by atoms with Crippen molar-refractivity contribution < 1.29 is 14.1 Å². The van der Waals surface area contributed by atoms with Gasteiger partial charge in [-0.2, -0.15) is 0 Å². The van der Waals surface area contributed by atoms with Gasteiger partial charge in [-0.1, -0.05) is 17.7 Å². The van der Waals surface area contributed by atoms with Crippen LogP contribution in [-0.2, 0) is 6.61 Å². The van der Waals surface area contributed by atoms with Gasteiger partial charge in [0.05, 0.1) is 9.95 Å². The van der Waals surface area contributed by atoms with Gasteiger partial charge in [0.2, 0.25) is 0 Å². The molecule has 0 aliphatic heterocycles. The second kappa shape index (κ2) is 6.38. The van der Waals surface area contributed by atoms with E-state index >= 15 is 0 Å². The fraction of sp³-hybridized carbons (Fsp3) is 0.0769. The maximum Gasteiger partial charge on any atom is 0.294 e. The number of nitrogen functional groups attached to an aromatic ring is 1. The number of nitrogens with one attached hydrogen (secondary N) is 1. The van der Waals surface area contributed by atoms with Crippen molar-refractivity contribution in [1.29, 1.82) is 0 Å². The number of hydrazine groups is 1. The summed E-state index contributed by atoms with van der Waals surface area (Å²) >= 11 is 5.56. The molecule has 21 heavy (non-hydrogen) atoms. The number of nitro benzene ring substituents is 1. The summed E-state index contributed by atoms with van der Waals surface area (Å²) in [5.74, 6) is 4.88. The molecule has 8 heteroatoms. The Kier molecular flexibility index (Phi) is 4.56. The molecule has 0 spiro atoms. The Bertz CT molecular complexity index is 682. The summed E-state index contributed by atoms with van der Waals surface area (Å²) in [6.45, 7) is 0.0484. The number of hydrogen-bond donors (Lipinski definition) is 2. The van der Waals surface area contributed by atoms with E-state index in [0.29, 0.717) is 5.56 Å². The highest BCUT2D eigenvalue weighted by Gasteiger charge is 2.14. The van der Waals surface area contributed by atoms with E-state index in [1.54, 1.807) is 6.07 Å². The number of rotatable bonds is 5. The molecule has 0 radical (unpaired) electrons. The summed E-state index contributed by atoms with van der Waals surface area (Å²) in [6.07, 6.45) is 0. The standard InChI is InChI=1S/C13H11ClFN3O3/c14-10-3-2-9(6-11(10)15)21-7-8-1-4-12(17-16)13(5-8)18(19)20/h1-6,17H,7,16H2. The van der Waals surface area contributed by atoms with Crippen LogP contribution in [0.3, 0.4) is 0 Å². The molecule has 0 aromatic heterocycles. The van der Waals surface area contributed by atoms with Crippen molar-refractivity contribution in [1.82, 2.24) is 0 Å². The van der Waals surface area contributed by atoms with Crippen molar-refractivity contribution >= 4 is 23.0 Å². The Labute approximate surface area is 124 Å². The molecule has 2 aromatic rings. The molecule has 6 nitrogen and oxygen atoms in total. The zero-order valence-corrected chi connectivity index (χ0v) is 11.4. The van der Waals surface area contributed by atoms with E-state index in [2.05, 4.69) is 5.43 Å². The highest BCUT2D eigenvalue weighted by atomic mass is 35.5. The van der Waals surface area contributed by atoms with Crippen LogP contribution in [0.2, 0.25) is 5.02 Å². The third-order valence-electron chi connectivity index (χ3n) is 2.71. The number of ether oxygens (including phenoxy) is 1. The number of nitrogens with zero attached hydrogens (tertiary/aromatic N) is 1. The molecule has 0 fully saturated rings. The number of anilines is 1. The lowest BCUT2D eigenvalue weighted by Gasteiger charge is -2.08. The van der Waals surface area contributed by atoms with Crippen molar-refractivity contribution in [2.45, 2.75) is 6.61 Å². The van der Waals surface area contributed by atoms with E-state index < -0.39 is 10.7 Å². The first kappa shape index (κ1) is 15.0. The predicted octanol–water partition coefficient (Wildman–Crippen LogP) is 3.25. The Hall–Kier alpha value is -2.38. The van der Waals surface area contributed by atoms with Gasteiger partial charge in [0, 0.05) is 12.1 Å². The molecule has 0 aliphatic carbocycles. The predicted molar refractivity (Wildman–Crippen MR) is 76.6 cm³/mol. The monoisotopic (exact) mass is 311 g/mol. The zero-order valence-electron chi connectivity index (χ0n) is 10.7. The van der Waals surface area contributed by atoms with E-state index in [-0.39, 0.29) is 28.8 Å². The number of nitro groups is 1. The molecule has 0 atom stereocenters. The molecule has 2 rings (SSSR count). The van der Waals surface area contributed by atoms with Crippen LogP contribution in [0.25, 0.3) is 0 Å². The fourth-order valence-corrected chi connectivity index (χ4v) is 1.79. The van der Waals surface area contributed by atoms with Crippen molar-refractivity contribution in [3.8, 4) is 5.75 Å². The molecular formula is C13H11ClFN3O3. The van der Waals surface area contributed by atoms with Crippen molar-refractivity contribution in [2.75, 3.05) is 5.43 Å². The van der Waals surface area contributed by atoms with Gasteiger partial charge < -0.3 is 10.2 Å². The molecule has 0 heterocycles. The molecule has 3 N–H and O–H groups in total. The first-order valence-electron chi connectivity index (χ1n) is 5.83. The van der Waals surface area contributed by atoms with Crippen LogP contribution < -0.4 is 16.0 Å². The SMILES string of the molecule is NNc1ccc(COc2ccc(Cl)c(F)c2)cc1[N+](=O)[O-]. The van der Waals surface area contributed by atoms with Crippen LogP contribution in [0.4, 0.5) is 15.8 Å². The largest absolute Gasteiger partial charge is 0.489 e. The lowest BCUT2D eigenvalue weighted by atomic mass is 10.2. The first-order chi connectivity index (χ1) is 10.0. The van der Waals surface area contributed by atoms with E-state index in [4.69, 9.17) is 22.2 Å². The number of halogens is 2. The van der Waals surface area contributed by atoms with Gasteiger partial charge in [-0.25, -0.2) is 4.39 Å². The molecule has 0 bridgehead atoms. The maximum atomic E-state index is 13.3. The number of benzene rings is 2. The number of nitrogens with two attached hydrogens (primary N) is 1. The summed E-state index contributed by atoms with van der Waals surface area (Å²) < 4.78 is 18.6. The van der Waals surface area contributed by atoms with Crippen LogP contribution in [0, 0.1) is 15.9 Å². The molecule has 0 saturated carbocycles. The van der Waals surface area contributed by atoms with E-state index in [0.717, 1.165) is 6.07 Å². The minimum atomic E-state index is -0.595. The lowest BCUT2D eigenvalue weighted by molar-refractivity contribution is -0.384. The van der Waals surface area contributed by atoms with Crippen molar-refractivity contribution in [2.24, 2.45) is 5.84 Å². The normalized spacial score (nSPS) is 10.2. The second-order valence-electron chi connectivity index (χ2n) is 4.12. The molecule has 110 valence electrons. The van der Waals surface area contributed by atoms with Gasteiger partial charge in [0.25, 0.3) is 5.69 Å². The smallest absolute Gasteiger partial charge is 0.294 e. The van der Waals surface area contributed by atoms with Crippen molar-refractivity contribution in [3.63, 3.8) is 0 Å². The van der Waals surface area contributed by atoms with E-state index in [9.17, 15) is 14.5 Å². The van der Waals surface area contributed by atoms with Gasteiger partial charge in [0.15, 0.2) is 0 Å². The average molecular weight is 312 g/mol.